The summed E-state index contributed by atoms with van der Waals surface area (Å²) in [6.45, 7) is 1.73. The van der Waals surface area contributed by atoms with Gasteiger partial charge in [0.2, 0.25) is 5.75 Å². The molecule has 2 N–H and O–H groups in total. The minimum absolute atomic E-state index is 0.297. The third-order valence-electron chi connectivity index (χ3n) is 3.95. The molecule has 0 aliphatic rings. The number of anilines is 1. The Labute approximate surface area is 164 Å². The third kappa shape index (κ3) is 5.06. The quantitative estimate of drug-likeness (QED) is 0.508. The van der Waals surface area contributed by atoms with Gasteiger partial charge in [-0.15, -0.1) is 0 Å². The fraction of sp³-hybridized carbons (Fsp3) is 0.300. The van der Waals surface area contributed by atoms with Crippen LogP contribution in [0.4, 0.5) is 5.69 Å². The molecule has 0 unspecified atom stereocenters. The van der Waals surface area contributed by atoms with E-state index in [1.54, 1.807) is 26.2 Å². The zero-order valence-corrected chi connectivity index (χ0v) is 16.6. The molecule has 1 amide bonds. The summed E-state index contributed by atoms with van der Waals surface area (Å²) in [4.78, 5) is 12.3. The Kier molecular flexibility index (Phi) is 7.50. The number of rotatable bonds is 9. The van der Waals surface area contributed by atoms with E-state index in [-0.39, 0.29) is 5.91 Å². The summed E-state index contributed by atoms with van der Waals surface area (Å²) in [5, 5.41) is 7.10. The molecule has 2 aromatic carbocycles. The van der Waals surface area contributed by atoms with E-state index in [9.17, 15) is 4.79 Å². The molecule has 2 aromatic rings. The van der Waals surface area contributed by atoms with Crippen LogP contribution < -0.4 is 29.7 Å². The minimum Gasteiger partial charge on any atom is -0.495 e. The van der Waals surface area contributed by atoms with E-state index in [4.69, 9.17) is 18.9 Å². The second-order valence-electron chi connectivity index (χ2n) is 5.76. The number of amides is 1. The number of hydrazone groups is 1. The van der Waals surface area contributed by atoms with Crippen molar-refractivity contribution in [3.63, 3.8) is 0 Å². The number of methoxy groups -OCH3 is 4. The van der Waals surface area contributed by atoms with Gasteiger partial charge < -0.3 is 24.3 Å². The molecule has 8 heteroatoms. The molecule has 1 atom stereocenters. The van der Waals surface area contributed by atoms with Crippen molar-refractivity contribution in [3.05, 3.63) is 42.0 Å². The van der Waals surface area contributed by atoms with Crippen LogP contribution in [0.1, 0.15) is 12.5 Å². The zero-order chi connectivity index (χ0) is 20.5. The summed E-state index contributed by atoms with van der Waals surface area (Å²) >= 11 is 0. The van der Waals surface area contributed by atoms with Crippen molar-refractivity contribution in [2.75, 3.05) is 33.8 Å². The summed E-state index contributed by atoms with van der Waals surface area (Å²) in [5.74, 6) is 1.85. The van der Waals surface area contributed by atoms with Gasteiger partial charge >= 0.3 is 0 Å². The Balaban J connectivity index is 2.04. The first kappa shape index (κ1) is 20.9. The molecule has 0 saturated heterocycles. The maximum Gasteiger partial charge on any atom is 0.262 e. The number of hydrogen-bond acceptors (Lipinski definition) is 7. The topological polar surface area (TPSA) is 90.4 Å². The first-order valence-corrected chi connectivity index (χ1v) is 8.56. The summed E-state index contributed by atoms with van der Waals surface area (Å²) in [7, 11) is 6.17. The smallest absolute Gasteiger partial charge is 0.262 e. The summed E-state index contributed by atoms with van der Waals surface area (Å²) < 4.78 is 21.1. The standard InChI is InChI=1S/C20H25N3O5/c1-13(22-15-8-6-7-9-16(15)25-2)20(24)23-21-12-14-10-17(26-3)19(28-5)18(11-14)27-4/h6-13,22H,1-5H3,(H,23,24)/b21-12-/t13-/m1/s1. The molecule has 0 aliphatic heterocycles. The van der Waals surface area contributed by atoms with Crippen LogP contribution in [-0.2, 0) is 4.79 Å². The number of hydrogen-bond donors (Lipinski definition) is 2. The lowest BCUT2D eigenvalue weighted by Gasteiger charge is -2.16. The average Bonchev–Trinajstić information content (AvgIpc) is 2.73. The second-order valence-corrected chi connectivity index (χ2v) is 5.76. The van der Waals surface area contributed by atoms with Crippen LogP contribution in [0, 0.1) is 0 Å². The van der Waals surface area contributed by atoms with Crippen LogP contribution in [0.3, 0.4) is 0 Å². The van der Waals surface area contributed by atoms with E-state index in [1.807, 2.05) is 24.3 Å². The molecule has 0 aromatic heterocycles. The highest BCUT2D eigenvalue weighted by atomic mass is 16.5. The molecule has 0 saturated carbocycles. The van der Waals surface area contributed by atoms with Gasteiger partial charge in [0, 0.05) is 5.56 Å². The van der Waals surface area contributed by atoms with Crippen LogP contribution in [0.5, 0.6) is 23.0 Å². The van der Waals surface area contributed by atoms with Crippen molar-refractivity contribution >= 4 is 17.8 Å². The van der Waals surface area contributed by atoms with Gasteiger partial charge in [0.05, 0.1) is 40.3 Å². The number of nitrogens with one attached hydrogen (secondary N) is 2. The third-order valence-corrected chi connectivity index (χ3v) is 3.95. The van der Waals surface area contributed by atoms with Gasteiger partial charge in [0.25, 0.3) is 5.91 Å². The lowest BCUT2D eigenvalue weighted by molar-refractivity contribution is -0.121. The lowest BCUT2D eigenvalue weighted by atomic mass is 10.2. The Hall–Kier alpha value is -3.42. The number of para-hydroxylation sites is 2. The van der Waals surface area contributed by atoms with Crippen molar-refractivity contribution in [2.24, 2.45) is 5.10 Å². The highest BCUT2D eigenvalue weighted by Gasteiger charge is 2.14. The lowest BCUT2D eigenvalue weighted by Crippen LogP contribution is -2.35. The second kappa shape index (κ2) is 10.1. The van der Waals surface area contributed by atoms with Crippen molar-refractivity contribution in [1.29, 1.82) is 0 Å². The van der Waals surface area contributed by atoms with Crippen LogP contribution in [0.15, 0.2) is 41.5 Å². The molecule has 0 aliphatic carbocycles. The number of benzene rings is 2. The zero-order valence-electron chi connectivity index (χ0n) is 16.6. The van der Waals surface area contributed by atoms with E-state index in [1.165, 1.54) is 27.5 Å². The molecule has 0 radical (unpaired) electrons. The van der Waals surface area contributed by atoms with Crippen molar-refractivity contribution in [3.8, 4) is 23.0 Å². The van der Waals surface area contributed by atoms with Gasteiger partial charge in [-0.1, -0.05) is 12.1 Å². The first-order chi connectivity index (χ1) is 13.5. The average molecular weight is 387 g/mol. The largest absolute Gasteiger partial charge is 0.495 e. The van der Waals surface area contributed by atoms with Crippen molar-refractivity contribution < 1.29 is 23.7 Å². The maximum atomic E-state index is 12.3. The Bertz CT molecular complexity index is 813. The van der Waals surface area contributed by atoms with E-state index in [0.29, 0.717) is 28.6 Å². The van der Waals surface area contributed by atoms with Crippen LogP contribution in [-0.4, -0.2) is 46.6 Å². The molecule has 150 valence electrons. The number of carbonyl (C=O) groups is 1. The van der Waals surface area contributed by atoms with Crippen molar-refractivity contribution in [2.45, 2.75) is 13.0 Å². The molecule has 8 nitrogen and oxygen atoms in total. The van der Waals surface area contributed by atoms with E-state index in [2.05, 4.69) is 15.8 Å². The molecule has 0 heterocycles. The minimum atomic E-state index is -0.520. The molecular weight excluding hydrogens is 362 g/mol. The SMILES string of the molecule is COc1ccccc1N[C@H](C)C(=O)N/N=C\c1cc(OC)c(OC)c(OC)c1. The molecule has 0 bridgehead atoms. The summed E-state index contributed by atoms with van der Waals surface area (Å²) in [6, 6.07) is 10.3. The van der Waals surface area contributed by atoms with E-state index < -0.39 is 6.04 Å². The Morgan fingerprint density at radius 3 is 2.14 bits per heavy atom. The first-order valence-electron chi connectivity index (χ1n) is 8.56. The fourth-order valence-electron chi connectivity index (χ4n) is 2.51. The summed E-state index contributed by atoms with van der Waals surface area (Å²) in [6.07, 6.45) is 1.50. The summed E-state index contributed by atoms with van der Waals surface area (Å²) in [5.41, 5.74) is 3.91. The number of ether oxygens (including phenoxy) is 4. The van der Waals surface area contributed by atoms with E-state index in [0.717, 1.165) is 5.69 Å². The molecule has 0 fully saturated rings. The van der Waals surface area contributed by atoms with E-state index >= 15 is 0 Å². The predicted molar refractivity (Wildman–Crippen MR) is 108 cm³/mol. The highest BCUT2D eigenvalue weighted by Crippen LogP contribution is 2.37. The molecule has 28 heavy (non-hydrogen) atoms. The van der Waals surface area contributed by atoms with Gasteiger partial charge in [-0.05, 0) is 31.2 Å². The van der Waals surface area contributed by atoms with Gasteiger partial charge in [-0.25, -0.2) is 5.43 Å². The fourth-order valence-corrected chi connectivity index (χ4v) is 2.51. The molecule has 0 spiro atoms. The Morgan fingerprint density at radius 2 is 1.57 bits per heavy atom. The predicted octanol–water partition coefficient (Wildman–Crippen LogP) is 2.67. The highest BCUT2D eigenvalue weighted by molar-refractivity contribution is 5.87. The number of carbonyl (C=O) groups excluding carboxylic acids is 1. The van der Waals surface area contributed by atoms with Crippen LogP contribution in [0.2, 0.25) is 0 Å². The number of nitrogens with zero attached hydrogens (tertiary/aromatic N) is 1. The van der Waals surface area contributed by atoms with Gasteiger partial charge in [0.1, 0.15) is 11.8 Å². The van der Waals surface area contributed by atoms with Gasteiger partial charge in [-0.3, -0.25) is 4.79 Å². The normalized spacial score (nSPS) is 11.6. The molecule has 2 rings (SSSR count). The van der Waals surface area contributed by atoms with Crippen LogP contribution in [0.25, 0.3) is 0 Å². The van der Waals surface area contributed by atoms with Crippen molar-refractivity contribution in [1.82, 2.24) is 5.43 Å². The Morgan fingerprint density at radius 1 is 0.964 bits per heavy atom. The van der Waals surface area contributed by atoms with Crippen LogP contribution >= 0.6 is 0 Å². The van der Waals surface area contributed by atoms with Gasteiger partial charge in [0.15, 0.2) is 11.5 Å². The van der Waals surface area contributed by atoms with Gasteiger partial charge in [-0.2, -0.15) is 5.10 Å². The molecular formula is C20H25N3O5. The monoisotopic (exact) mass is 387 g/mol. The maximum absolute atomic E-state index is 12.3.